The SMILES string of the molecule is C=C1c2ccccc2NC12CCN(C(=O)OC(C)(C)C)CC2. The number of piperidine rings is 1. The van der Waals surface area contributed by atoms with Crippen molar-refractivity contribution in [1.29, 1.82) is 0 Å². The number of rotatable bonds is 0. The van der Waals surface area contributed by atoms with Crippen LogP contribution in [0.2, 0.25) is 0 Å². The molecule has 1 amide bonds. The van der Waals surface area contributed by atoms with Crippen LogP contribution < -0.4 is 5.32 Å². The largest absolute Gasteiger partial charge is 0.444 e. The summed E-state index contributed by atoms with van der Waals surface area (Å²) in [6, 6.07) is 8.28. The number of nitrogens with one attached hydrogen (secondary N) is 1. The zero-order valence-electron chi connectivity index (χ0n) is 13.6. The van der Waals surface area contributed by atoms with E-state index in [9.17, 15) is 4.79 Å². The Hall–Kier alpha value is -1.97. The minimum absolute atomic E-state index is 0.109. The van der Waals surface area contributed by atoms with Crippen molar-refractivity contribution < 1.29 is 9.53 Å². The molecular weight excluding hydrogens is 276 g/mol. The molecule has 3 rings (SSSR count). The second-order valence-electron chi connectivity index (χ2n) is 7.20. The minimum Gasteiger partial charge on any atom is -0.444 e. The van der Waals surface area contributed by atoms with Gasteiger partial charge in [0.25, 0.3) is 0 Å². The maximum Gasteiger partial charge on any atom is 0.410 e. The molecule has 0 saturated carbocycles. The van der Waals surface area contributed by atoms with E-state index in [1.54, 1.807) is 4.90 Å². The number of amides is 1. The lowest BCUT2D eigenvalue weighted by molar-refractivity contribution is 0.0196. The quantitative estimate of drug-likeness (QED) is 0.790. The molecule has 0 unspecified atom stereocenters. The number of carbonyl (C=O) groups excluding carboxylic acids is 1. The predicted octanol–water partition coefficient (Wildman–Crippen LogP) is 3.90. The molecule has 0 aromatic heterocycles. The summed E-state index contributed by atoms with van der Waals surface area (Å²) >= 11 is 0. The first-order chi connectivity index (χ1) is 10.3. The Kier molecular flexibility index (Phi) is 3.42. The number of para-hydroxylation sites is 1. The number of likely N-dealkylation sites (tertiary alicyclic amines) is 1. The highest BCUT2D eigenvalue weighted by Crippen LogP contribution is 2.46. The van der Waals surface area contributed by atoms with Gasteiger partial charge in [0.2, 0.25) is 0 Å². The van der Waals surface area contributed by atoms with Gasteiger partial charge in [-0.15, -0.1) is 0 Å². The van der Waals surface area contributed by atoms with Crippen molar-refractivity contribution >= 4 is 17.4 Å². The van der Waals surface area contributed by atoms with Crippen LogP contribution in [0.25, 0.3) is 5.57 Å². The van der Waals surface area contributed by atoms with Crippen LogP contribution >= 0.6 is 0 Å². The van der Waals surface area contributed by atoms with Crippen LogP contribution in [0, 0.1) is 0 Å². The maximum atomic E-state index is 12.2. The van der Waals surface area contributed by atoms with Crippen LogP contribution in [0.15, 0.2) is 30.8 Å². The number of benzene rings is 1. The van der Waals surface area contributed by atoms with Gasteiger partial charge < -0.3 is 15.0 Å². The average Bonchev–Trinajstić information content (AvgIpc) is 2.71. The van der Waals surface area contributed by atoms with Crippen molar-refractivity contribution in [1.82, 2.24) is 4.90 Å². The Morgan fingerprint density at radius 3 is 2.50 bits per heavy atom. The van der Waals surface area contributed by atoms with E-state index in [1.165, 1.54) is 5.56 Å². The smallest absolute Gasteiger partial charge is 0.410 e. The number of nitrogens with zero attached hydrogens (tertiary/aromatic N) is 1. The molecule has 1 fully saturated rings. The summed E-state index contributed by atoms with van der Waals surface area (Å²) in [7, 11) is 0. The number of fused-ring (bicyclic) bond motifs is 1. The predicted molar refractivity (Wildman–Crippen MR) is 88.9 cm³/mol. The number of anilines is 1. The lowest BCUT2D eigenvalue weighted by atomic mass is 9.81. The Bertz CT molecular complexity index is 608. The van der Waals surface area contributed by atoms with E-state index in [4.69, 9.17) is 4.74 Å². The highest BCUT2D eigenvalue weighted by atomic mass is 16.6. The van der Waals surface area contributed by atoms with E-state index in [0.29, 0.717) is 13.1 Å². The van der Waals surface area contributed by atoms with Crippen LogP contribution in [0.1, 0.15) is 39.2 Å². The minimum atomic E-state index is -0.447. The molecule has 0 bridgehead atoms. The van der Waals surface area contributed by atoms with Crippen LogP contribution in [0.4, 0.5) is 10.5 Å². The summed E-state index contributed by atoms with van der Waals surface area (Å²) in [6.45, 7) is 11.4. The van der Waals surface area contributed by atoms with Crippen LogP contribution in [-0.4, -0.2) is 35.2 Å². The van der Waals surface area contributed by atoms with E-state index >= 15 is 0 Å². The highest BCUT2D eigenvalue weighted by Gasteiger charge is 2.43. The third-order valence-electron chi connectivity index (χ3n) is 4.47. The summed E-state index contributed by atoms with van der Waals surface area (Å²) < 4.78 is 5.46. The van der Waals surface area contributed by atoms with Gasteiger partial charge in [-0.1, -0.05) is 24.8 Å². The fourth-order valence-corrected chi connectivity index (χ4v) is 3.27. The molecule has 1 aromatic carbocycles. The third kappa shape index (κ3) is 2.58. The molecule has 1 saturated heterocycles. The van der Waals surface area contributed by atoms with Crippen LogP contribution in [0.3, 0.4) is 0 Å². The molecule has 1 spiro atoms. The standard InChI is InChI=1S/C18H24N2O2/c1-13-14-7-5-6-8-15(14)19-18(13)9-11-20(12-10-18)16(21)22-17(2,3)4/h5-8,19H,1,9-12H2,2-4H3. The molecule has 0 radical (unpaired) electrons. The Labute approximate surface area is 132 Å². The van der Waals surface area contributed by atoms with Gasteiger partial charge in [-0.3, -0.25) is 0 Å². The van der Waals surface area contributed by atoms with E-state index in [-0.39, 0.29) is 11.6 Å². The van der Waals surface area contributed by atoms with Crippen LogP contribution in [0.5, 0.6) is 0 Å². The average molecular weight is 300 g/mol. The molecule has 2 aliphatic heterocycles. The first kappa shape index (κ1) is 14.9. The van der Waals surface area contributed by atoms with Gasteiger partial charge in [-0.2, -0.15) is 0 Å². The second-order valence-corrected chi connectivity index (χ2v) is 7.20. The van der Waals surface area contributed by atoms with Crippen molar-refractivity contribution in [2.75, 3.05) is 18.4 Å². The van der Waals surface area contributed by atoms with Crippen molar-refractivity contribution in [3.8, 4) is 0 Å². The number of hydrogen-bond donors (Lipinski definition) is 1. The zero-order valence-corrected chi connectivity index (χ0v) is 13.6. The second kappa shape index (κ2) is 5.04. The summed E-state index contributed by atoms with van der Waals surface area (Å²) in [5.41, 5.74) is 2.94. The highest BCUT2D eigenvalue weighted by molar-refractivity contribution is 5.89. The fraction of sp³-hybridized carbons (Fsp3) is 0.500. The van der Waals surface area contributed by atoms with Gasteiger partial charge in [0, 0.05) is 24.3 Å². The number of hydrogen-bond acceptors (Lipinski definition) is 3. The van der Waals surface area contributed by atoms with Crippen molar-refractivity contribution in [3.63, 3.8) is 0 Å². The van der Waals surface area contributed by atoms with Crippen molar-refractivity contribution in [2.24, 2.45) is 0 Å². The Morgan fingerprint density at radius 1 is 1.27 bits per heavy atom. The number of ether oxygens (including phenoxy) is 1. The van der Waals surface area contributed by atoms with Gasteiger partial charge >= 0.3 is 6.09 Å². The fourth-order valence-electron chi connectivity index (χ4n) is 3.27. The first-order valence-electron chi connectivity index (χ1n) is 7.86. The summed E-state index contributed by atoms with van der Waals surface area (Å²) in [4.78, 5) is 14.0. The normalized spacial score (nSPS) is 19.8. The summed E-state index contributed by atoms with van der Waals surface area (Å²) in [5, 5.41) is 3.63. The molecule has 2 heterocycles. The number of carbonyl (C=O) groups is 1. The summed E-state index contributed by atoms with van der Waals surface area (Å²) in [5.74, 6) is 0. The monoisotopic (exact) mass is 300 g/mol. The van der Waals surface area contributed by atoms with Gasteiger partial charge in [0.15, 0.2) is 0 Å². The van der Waals surface area contributed by atoms with Crippen molar-refractivity contribution in [3.05, 3.63) is 36.4 Å². The molecular formula is C18H24N2O2. The zero-order chi connectivity index (χ0) is 16.0. The molecule has 2 aliphatic rings. The molecule has 1 N–H and O–H groups in total. The Balaban J connectivity index is 1.68. The molecule has 118 valence electrons. The lowest BCUT2D eigenvalue weighted by Gasteiger charge is -2.40. The van der Waals surface area contributed by atoms with Gasteiger partial charge in [0.05, 0.1) is 5.54 Å². The van der Waals surface area contributed by atoms with Gasteiger partial charge in [-0.25, -0.2) is 4.79 Å². The maximum absolute atomic E-state index is 12.2. The van der Waals surface area contributed by atoms with E-state index in [0.717, 1.165) is 24.1 Å². The van der Waals surface area contributed by atoms with Crippen LogP contribution in [-0.2, 0) is 4.74 Å². The molecule has 4 nitrogen and oxygen atoms in total. The van der Waals surface area contributed by atoms with Gasteiger partial charge in [-0.05, 0) is 45.3 Å². The molecule has 22 heavy (non-hydrogen) atoms. The first-order valence-corrected chi connectivity index (χ1v) is 7.86. The van der Waals surface area contributed by atoms with Gasteiger partial charge in [0.1, 0.15) is 5.60 Å². The lowest BCUT2D eigenvalue weighted by Crippen LogP contribution is -2.50. The summed E-state index contributed by atoms with van der Waals surface area (Å²) in [6.07, 6.45) is 1.50. The van der Waals surface area contributed by atoms with E-state index in [2.05, 4.69) is 24.0 Å². The van der Waals surface area contributed by atoms with E-state index in [1.807, 2.05) is 32.9 Å². The van der Waals surface area contributed by atoms with Crippen molar-refractivity contribution in [2.45, 2.75) is 44.8 Å². The molecule has 4 heteroatoms. The Morgan fingerprint density at radius 2 is 1.91 bits per heavy atom. The molecule has 0 aliphatic carbocycles. The topological polar surface area (TPSA) is 41.6 Å². The molecule has 0 atom stereocenters. The van der Waals surface area contributed by atoms with E-state index < -0.39 is 5.60 Å². The third-order valence-corrected chi connectivity index (χ3v) is 4.47. The molecule has 1 aromatic rings.